The van der Waals surface area contributed by atoms with Gasteiger partial charge in [-0.25, -0.2) is 9.78 Å². The third-order valence-corrected chi connectivity index (χ3v) is 6.59. The van der Waals surface area contributed by atoms with E-state index in [0.717, 1.165) is 41.5 Å². The number of hydrogen-bond acceptors (Lipinski definition) is 6. The van der Waals surface area contributed by atoms with Gasteiger partial charge in [-0.05, 0) is 49.6 Å². The largest absolute Gasteiger partial charge is 0.493 e. The minimum Gasteiger partial charge on any atom is -0.493 e. The Balaban J connectivity index is 1.32. The third-order valence-electron chi connectivity index (χ3n) is 6.59. The van der Waals surface area contributed by atoms with Gasteiger partial charge in [0, 0.05) is 25.2 Å². The molecule has 0 bridgehead atoms. The Morgan fingerprint density at radius 1 is 1.00 bits per heavy atom. The molecule has 36 heavy (non-hydrogen) atoms. The van der Waals surface area contributed by atoms with Gasteiger partial charge in [0.1, 0.15) is 17.3 Å². The highest BCUT2D eigenvalue weighted by atomic mass is 16.6. The fraction of sp³-hybridized carbons (Fsp3) is 0.467. The van der Waals surface area contributed by atoms with E-state index in [-0.39, 0.29) is 5.97 Å². The molecule has 192 valence electrons. The second-order valence-corrected chi connectivity index (χ2v) is 9.23. The predicted molar refractivity (Wildman–Crippen MR) is 139 cm³/mol. The van der Waals surface area contributed by atoms with E-state index in [2.05, 4.69) is 6.92 Å². The summed E-state index contributed by atoms with van der Waals surface area (Å²) in [4.78, 5) is 17.3. The Morgan fingerprint density at radius 3 is 2.44 bits per heavy atom. The molecule has 0 spiro atoms. The topological polar surface area (TPSA) is 70.8 Å². The number of hydrogen-bond donors (Lipinski definition) is 0. The number of nitrogens with zero attached hydrogens (tertiary/aromatic N) is 1. The highest BCUT2D eigenvalue weighted by molar-refractivity contribution is 5.75. The second-order valence-electron chi connectivity index (χ2n) is 9.23. The van der Waals surface area contributed by atoms with E-state index in [0.29, 0.717) is 31.3 Å². The number of ether oxygens (including phenoxy) is 3. The van der Waals surface area contributed by atoms with Gasteiger partial charge in [-0.3, -0.25) is 0 Å². The standard InChI is InChI=1S/C30H37NO5/c1-3-27-26(31-29(36-27)23-11-7-5-8-12-23)19-20-34-24-17-15-22(16-18-24)21-28(30(32)33-4-2)35-25-13-9-6-10-14-25/h6,9-10,13-18,23,28H,3-5,7-8,11-12,19-21H2,1-2H3. The van der Waals surface area contributed by atoms with Crippen molar-refractivity contribution in [3.05, 3.63) is 77.5 Å². The van der Waals surface area contributed by atoms with Gasteiger partial charge in [0.15, 0.2) is 12.0 Å². The minimum absolute atomic E-state index is 0.313. The van der Waals surface area contributed by atoms with Gasteiger partial charge >= 0.3 is 5.97 Å². The van der Waals surface area contributed by atoms with Crippen LogP contribution in [0.3, 0.4) is 0 Å². The Bertz CT molecular complexity index is 1070. The maximum absolute atomic E-state index is 12.5. The van der Waals surface area contributed by atoms with Crippen molar-refractivity contribution in [2.45, 2.75) is 77.2 Å². The second kappa shape index (κ2) is 13.1. The minimum atomic E-state index is -0.711. The molecule has 0 amide bonds. The zero-order chi connectivity index (χ0) is 25.2. The van der Waals surface area contributed by atoms with E-state index >= 15 is 0 Å². The van der Waals surface area contributed by atoms with Crippen LogP contribution >= 0.6 is 0 Å². The first-order valence-corrected chi connectivity index (χ1v) is 13.2. The number of aromatic nitrogens is 1. The average molecular weight is 492 g/mol. The number of oxazole rings is 1. The molecule has 1 fully saturated rings. The van der Waals surface area contributed by atoms with Crippen LogP contribution in [0.4, 0.5) is 0 Å². The summed E-state index contributed by atoms with van der Waals surface area (Å²) in [6.07, 6.45) is 7.48. The van der Waals surface area contributed by atoms with Gasteiger partial charge in [-0.2, -0.15) is 0 Å². The fourth-order valence-electron chi connectivity index (χ4n) is 4.67. The number of benzene rings is 2. The van der Waals surface area contributed by atoms with Crippen LogP contribution in [0.5, 0.6) is 11.5 Å². The van der Waals surface area contributed by atoms with Crippen LogP contribution in [-0.2, 0) is 28.8 Å². The quantitative estimate of drug-likeness (QED) is 0.271. The molecule has 2 aromatic carbocycles. The lowest BCUT2D eigenvalue weighted by atomic mass is 9.89. The van der Waals surface area contributed by atoms with Crippen molar-refractivity contribution in [3.8, 4) is 11.5 Å². The maximum atomic E-state index is 12.5. The molecule has 1 saturated carbocycles. The molecule has 0 radical (unpaired) electrons. The first-order valence-electron chi connectivity index (χ1n) is 13.2. The van der Waals surface area contributed by atoms with Gasteiger partial charge in [-0.15, -0.1) is 0 Å². The lowest BCUT2D eigenvalue weighted by Gasteiger charge is -2.18. The van der Waals surface area contributed by atoms with Crippen LogP contribution in [-0.4, -0.2) is 30.3 Å². The van der Waals surface area contributed by atoms with Gasteiger partial charge in [-0.1, -0.05) is 56.5 Å². The van der Waals surface area contributed by atoms with E-state index < -0.39 is 6.10 Å². The van der Waals surface area contributed by atoms with Crippen molar-refractivity contribution in [1.82, 2.24) is 4.98 Å². The fourth-order valence-corrected chi connectivity index (χ4v) is 4.67. The van der Waals surface area contributed by atoms with E-state index in [1.54, 1.807) is 6.92 Å². The van der Waals surface area contributed by atoms with E-state index in [9.17, 15) is 4.79 Å². The molecular weight excluding hydrogens is 454 g/mol. The number of para-hydroxylation sites is 1. The monoisotopic (exact) mass is 491 g/mol. The summed E-state index contributed by atoms with van der Waals surface area (Å²) in [5.41, 5.74) is 1.99. The van der Waals surface area contributed by atoms with Gasteiger partial charge in [0.2, 0.25) is 0 Å². The molecule has 1 aliphatic carbocycles. The molecular formula is C30H37NO5. The van der Waals surface area contributed by atoms with Crippen molar-refractivity contribution in [3.63, 3.8) is 0 Å². The van der Waals surface area contributed by atoms with Gasteiger partial charge in [0.25, 0.3) is 0 Å². The summed E-state index contributed by atoms with van der Waals surface area (Å²) in [5.74, 6) is 3.42. The van der Waals surface area contributed by atoms with Crippen molar-refractivity contribution in [1.29, 1.82) is 0 Å². The van der Waals surface area contributed by atoms with Crippen LogP contribution in [0.25, 0.3) is 0 Å². The molecule has 0 saturated heterocycles. The van der Waals surface area contributed by atoms with E-state index in [1.165, 1.54) is 32.1 Å². The van der Waals surface area contributed by atoms with Crippen molar-refractivity contribution >= 4 is 5.97 Å². The maximum Gasteiger partial charge on any atom is 0.347 e. The molecule has 4 rings (SSSR count). The molecule has 3 aromatic rings. The van der Waals surface area contributed by atoms with Crippen molar-refractivity contribution in [2.24, 2.45) is 0 Å². The van der Waals surface area contributed by atoms with Crippen LogP contribution in [0.15, 0.2) is 59.0 Å². The molecule has 6 heteroatoms. The number of esters is 1. The first kappa shape index (κ1) is 25.8. The summed E-state index contributed by atoms with van der Waals surface area (Å²) in [7, 11) is 0. The highest BCUT2D eigenvalue weighted by Crippen LogP contribution is 2.33. The van der Waals surface area contributed by atoms with Gasteiger partial charge in [0.05, 0.1) is 18.9 Å². The lowest BCUT2D eigenvalue weighted by molar-refractivity contribution is -0.151. The molecule has 0 N–H and O–H groups in total. The number of carbonyl (C=O) groups excluding carboxylic acids is 1. The third kappa shape index (κ3) is 7.12. The molecule has 1 aromatic heterocycles. The summed E-state index contributed by atoms with van der Waals surface area (Å²) in [6.45, 7) is 4.75. The Labute approximate surface area is 214 Å². The van der Waals surface area contributed by atoms with E-state index in [1.807, 2.05) is 54.6 Å². The molecule has 1 atom stereocenters. The summed E-state index contributed by atoms with van der Waals surface area (Å²) in [6, 6.07) is 17.1. The molecule has 1 heterocycles. The number of rotatable bonds is 12. The molecule has 6 nitrogen and oxygen atoms in total. The van der Waals surface area contributed by atoms with Crippen LogP contribution in [0.2, 0.25) is 0 Å². The average Bonchev–Trinajstić information content (AvgIpc) is 3.34. The van der Waals surface area contributed by atoms with Crippen molar-refractivity contribution < 1.29 is 23.4 Å². The summed E-state index contributed by atoms with van der Waals surface area (Å²) >= 11 is 0. The van der Waals surface area contributed by atoms with Crippen molar-refractivity contribution in [2.75, 3.05) is 13.2 Å². The Hall–Kier alpha value is -3.28. The SMILES string of the molecule is CCOC(=O)C(Cc1ccc(OCCc2nc(C3CCCCC3)oc2CC)cc1)Oc1ccccc1. The number of carbonyl (C=O) groups is 1. The number of aryl methyl sites for hydroxylation is 1. The Kier molecular flexibility index (Phi) is 9.42. The smallest absolute Gasteiger partial charge is 0.347 e. The zero-order valence-corrected chi connectivity index (χ0v) is 21.4. The predicted octanol–water partition coefficient (Wildman–Crippen LogP) is 6.46. The molecule has 1 aliphatic rings. The highest BCUT2D eigenvalue weighted by Gasteiger charge is 2.24. The molecule has 0 aliphatic heterocycles. The van der Waals surface area contributed by atoms with E-state index in [4.69, 9.17) is 23.6 Å². The normalized spacial score (nSPS) is 14.8. The first-order chi connectivity index (χ1) is 17.7. The lowest BCUT2D eigenvalue weighted by Crippen LogP contribution is -2.31. The van der Waals surface area contributed by atoms with Crippen LogP contribution in [0.1, 0.15) is 74.8 Å². The van der Waals surface area contributed by atoms with Crippen LogP contribution < -0.4 is 9.47 Å². The summed E-state index contributed by atoms with van der Waals surface area (Å²) < 4.78 is 23.3. The zero-order valence-electron chi connectivity index (χ0n) is 21.4. The van der Waals surface area contributed by atoms with Gasteiger partial charge < -0.3 is 18.6 Å². The summed E-state index contributed by atoms with van der Waals surface area (Å²) in [5, 5.41) is 0. The van der Waals surface area contributed by atoms with Crippen LogP contribution in [0, 0.1) is 0 Å². The Morgan fingerprint density at radius 2 is 1.75 bits per heavy atom. The molecule has 1 unspecified atom stereocenters.